The fourth-order valence-electron chi connectivity index (χ4n) is 2.32. The van der Waals surface area contributed by atoms with E-state index in [-0.39, 0.29) is 11.7 Å². The largest absolute Gasteiger partial charge is 0.493 e. The van der Waals surface area contributed by atoms with Gasteiger partial charge in [0.05, 0.1) is 12.5 Å². The first-order valence-electron chi connectivity index (χ1n) is 6.95. The molecule has 0 saturated carbocycles. The van der Waals surface area contributed by atoms with Gasteiger partial charge in [0.2, 0.25) is 5.91 Å². The average Bonchev–Trinajstić information content (AvgIpc) is 2.93. The van der Waals surface area contributed by atoms with E-state index in [1.807, 2.05) is 0 Å². The Morgan fingerprint density at radius 1 is 1.43 bits per heavy atom. The molecule has 5 nitrogen and oxygen atoms in total. The molecule has 1 N–H and O–H groups in total. The Bertz CT molecular complexity index is 520. The van der Waals surface area contributed by atoms with Crippen LogP contribution in [0.1, 0.15) is 19.3 Å². The first-order valence-corrected chi connectivity index (χ1v) is 6.95. The minimum Gasteiger partial charge on any atom is -0.493 e. The van der Waals surface area contributed by atoms with E-state index in [0.29, 0.717) is 44.7 Å². The molecule has 1 fully saturated rings. The summed E-state index contributed by atoms with van der Waals surface area (Å²) in [5.74, 6) is -1.27. The maximum Gasteiger partial charge on any atom is 0.308 e. The van der Waals surface area contributed by atoms with Gasteiger partial charge in [0, 0.05) is 25.6 Å². The van der Waals surface area contributed by atoms with Gasteiger partial charge >= 0.3 is 5.97 Å². The van der Waals surface area contributed by atoms with Gasteiger partial charge in [0.25, 0.3) is 0 Å². The highest BCUT2D eigenvalue weighted by atomic mass is 19.1. The summed E-state index contributed by atoms with van der Waals surface area (Å²) in [6.45, 7) is 1.12. The molecule has 0 aromatic heterocycles. The highest BCUT2D eigenvalue weighted by Gasteiger charge is 2.30. The standard InChI is InChI=1S/C15H18FNO4/c16-12-3-1-4-13(9-12)21-8-2-5-14(18)17-7-6-11(10-17)15(19)20/h1,3-4,9,11H,2,5-8,10H2,(H,19,20)/t11-/m1/s1. The number of likely N-dealkylation sites (tertiary alicyclic amines) is 1. The monoisotopic (exact) mass is 295 g/mol. The van der Waals surface area contributed by atoms with Gasteiger partial charge in [-0.2, -0.15) is 0 Å². The zero-order valence-corrected chi connectivity index (χ0v) is 11.6. The van der Waals surface area contributed by atoms with Gasteiger partial charge in [-0.05, 0) is 25.0 Å². The third-order valence-corrected chi connectivity index (χ3v) is 3.49. The van der Waals surface area contributed by atoms with Crippen molar-refractivity contribution in [1.29, 1.82) is 0 Å². The summed E-state index contributed by atoms with van der Waals surface area (Å²) in [5, 5.41) is 8.89. The van der Waals surface area contributed by atoms with Gasteiger partial charge < -0.3 is 14.7 Å². The van der Waals surface area contributed by atoms with E-state index in [9.17, 15) is 14.0 Å². The number of carboxylic acids is 1. The number of carboxylic acid groups (broad SMARTS) is 1. The Morgan fingerprint density at radius 2 is 2.24 bits per heavy atom. The zero-order chi connectivity index (χ0) is 15.2. The minimum atomic E-state index is -0.847. The summed E-state index contributed by atoms with van der Waals surface area (Å²) in [4.78, 5) is 24.3. The van der Waals surface area contributed by atoms with E-state index in [2.05, 4.69) is 0 Å². The first kappa shape index (κ1) is 15.3. The highest BCUT2D eigenvalue weighted by molar-refractivity contribution is 5.78. The normalized spacial score (nSPS) is 17.8. The number of amides is 1. The van der Waals surface area contributed by atoms with E-state index in [4.69, 9.17) is 9.84 Å². The van der Waals surface area contributed by atoms with E-state index >= 15 is 0 Å². The van der Waals surface area contributed by atoms with Crippen molar-refractivity contribution in [2.75, 3.05) is 19.7 Å². The Balaban J connectivity index is 1.67. The van der Waals surface area contributed by atoms with E-state index in [1.54, 1.807) is 17.0 Å². The number of carbonyl (C=O) groups excluding carboxylic acids is 1. The van der Waals surface area contributed by atoms with Crippen LogP contribution in [0.4, 0.5) is 4.39 Å². The molecule has 0 radical (unpaired) electrons. The van der Waals surface area contributed by atoms with Crippen LogP contribution in [-0.2, 0) is 9.59 Å². The summed E-state index contributed by atoms with van der Waals surface area (Å²) in [5.41, 5.74) is 0. The second-order valence-corrected chi connectivity index (χ2v) is 5.07. The maximum absolute atomic E-state index is 12.9. The van der Waals surface area contributed by atoms with Crippen molar-refractivity contribution >= 4 is 11.9 Å². The smallest absolute Gasteiger partial charge is 0.308 e. The van der Waals surface area contributed by atoms with E-state index in [1.165, 1.54) is 12.1 Å². The molecule has 0 bridgehead atoms. The number of hydrogen-bond acceptors (Lipinski definition) is 3. The molecular formula is C15H18FNO4. The third-order valence-electron chi connectivity index (χ3n) is 3.49. The molecule has 0 aliphatic carbocycles. The summed E-state index contributed by atoms with van der Waals surface area (Å²) >= 11 is 0. The summed E-state index contributed by atoms with van der Waals surface area (Å²) in [7, 11) is 0. The molecule has 1 saturated heterocycles. The summed E-state index contributed by atoms with van der Waals surface area (Å²) in [6.07, 6.45) is 1.34. The molecule has 6 heteroatoms. The van der Waals surface area contributed by atoms with Crippen LogP contribution in [0.2, 0.25) is 0 Å². The van der Waals surface area contributed by atoms with Crippen LogP contribution in [0.5, 0.6) is 5.75 Å². The van der Waals surface area contributed by atoms with Gasteiger partial charge in [-0.3, -0.25) is 9.59 Å². The predicted octanol–water partition coefficient (Wildman–Crippen LogP) is 1.92. The molecule has 2 rings (SSSR count). The first-order chi connectivity index (χ1) is 10.1. The van der Waals surface area contributed by atoms with Gasteiger partial charge in [-0.1, -0.05) is 6.07 Å². The lowest BCUT2D eigenvalue weighted by Gasteiger charge is -2.15. The number of hydrogen-bond donors (Lipinski definition) is 1. The molecule has 114 valence electrons. The Kier molecular flexibility index (Phi) is 5.14. The van der Waals surface area contributed by atoms with Crippen LogP contribution in [0.25, 0.3) is 0 Å². The molecule has 0 unspecified atom stereocenters. The molecular weight excluding hydrogens is 277 g/mol. The van der Waals surface area contributed by atoms with Crippen molar-refractivity contribution in [2.24, 2.45) is 5.92 Å². The van der Waals surface area contributed by atoms with Crippen molar-refractivity contribution < 1.29 is 23.8 Å². The number of ether oxygens (including phenoxy) is 1. The van der Waals surface area contributed by atoms with Crippen LogP contribution >= 0.6 is 0 Å². The lowest BCUT2D eigenvalue weighted by Crippen LogP contribution is -2.30. The van der Waals surface area contributed by atoms with Crippen molar-refractivity contribution in [3.8, 4) is 5.75 Å². The van der Waals surface area contributed by atoms with Crippen LogP contribution in [0.15, 0.2) is 24.3 Å². The van der Waals surface area contributed by atoms with Crippen LogP contribution in [-0.4, -0.2) is 41.6 Å². The highest BCUT2D eigenvalue weighted by Crippen LogP contribution is 2.18. The van der Waals surface area contributed by atoms with Gasteiger partial charge in [-0.25, -0.2) is 4.39 Å². The molecule has 1 aliphatic rings. The molecule has 1 aromatic rings. The average molecular weight is 295 g/mol. The van der Waals surface area contributed by atoms with E-state index < -0.39 is 11.9 Å². The van der Waals surface area contributed by atoms with Crippen LogP contribution in [0.3, 0.4) is 0 Å². The van der Waals surface area contributed by atoms with Gasteiger partial charge in [0.15, 0.2) is 0 Å². The molecule has 1 amide bonds. The predicted molar refractivity (Wildman–Crippen MR) is 73.5 cm³/mol. The van der Waals surface area contributed by atoms with Crippen molar-refractivity contribution in [1.82, 2.24) is 4.90 Å². The number of rotatable bonds is 6. The SMILES string of the molecule is O=C(O)[C@@H]1CCN(C(=O)CCCOc2cccc(F)c2)C1. The van der Waals surface area contributed by atoms with Crippen LogP contribution < -0.4 is 4.74 Å². The van der Waals surface area contributed by atoms with Crippen molar-refractivity contribution in [3.05, 3.63) is 30.1 Å². The van der Waals surface area contributed by atoms with Gasteiger partial charge in [-0.15, -0.1) is 0 Å². The molecule has 1 aromatic carbocycles. The minimum absolute atomic E-state index is 0.0541. The fraction of sp³-hybridized carbons (Fsp3) is 0.467. The zero-order valence-electron chi connectivity index (χ0n) is 11.6. The molecule has 1 aliphatic heterocycles. The van der Waals surface area contributed by atoms with Crippen molar-refractivity contribution in [2.45, 2.75) is 19.3 Å². The van der Waals surface area contributed by atoms with E-state index in [0.717, 1.165) is 0 Å². The summed E-state index contributed by atoms with van der Waals surface area (Å²) < 4.78 is 18.3. The topological polar surface area (TPSA) is 66.8 Å². The Labute approximate surface area is 122 Å². The molecule has 1 heterocycles. The van der Waals surface area contributed by atoms with Crippen molar-refractivity contribution in [3.63, 3.8) is 0 Å². The number of halogens is 1. The lowest BCUT2D eigenvalue weighted by atomic mass is 10.1. The fourth-order valence-corrected chi connectivity index (χ4v) is 2.32. The number of carbonyl (C=O) groups is 2. The quantitative estimate of drug-likeness (QED) is 0.814. The second kappa shape index (κ2) is 7.06. The molecule has 0 spiro atoms. The third kappa shape index (κ3) is 4.44. The van der Waals surface area contributed by atoms with Gasteiger partial charge in [0.1, 0.15) is 11.6 Å². The second-order valence-electron chi connectivity index (χ2n) is 5.07. The Morgan fingerprint density at radius 3 is 2.90 bits per heavy atom. The summed E-state index contributed by atoms with van der Waals surface area (Å²) in [6, 6.07) is 5.84. The maximum atomic E-state index is 12.9. The molecule has 1 atom stereocenters. The number of benzene rings is 1. The van der Waals surface area contributed by atoms with Crippen LogP contribution in [0, 0.1) is 11.7 Å². The Hall–Kier alpha value is -2.11. The lowest BCUT2D eigenvalue weighted by molar-refractivity contribution is -0.141. The number of aliphatic carboxylic acids is 1. The number of nitrogens with zero attached hydrogens (tertiary/aromatic N) is 1. The molecule has 21 heavy (non-hydrogen) atoms.